The van der Waals surface area contributed by atoms with Crippen LogP contribution in [0.3, 0.4) is 0 Å². The first-order valence-corrected chi connectivity index (χ1v) is 11.4. The lowest BCUT2D eigenvalue weighted by atomic mass is 10.2. The van der Waals surface area contributed by atoms with Crippen LogP contribution in [0, 0.1) is 0 Å². The molecule has 0 aliphatic rings. The molecule has 0 fully saturated rings. The minimum absolute atomic E-state index is 0. The smallest absolute Gasteiger partial charge is 0.262 e. The van der Waals surface area contributed by atoms with Crippen molar-refractivity contribution in [1.82, 2.24) is 4.98 Å². The van der Waals surface area contributed by atoms with Gasteiger partial charge in [-0.15, -0.1) is 22.7 Å². The van der Waals surface area contributed by atoms with Crippen LogP contribution in [0.2, 0.25) is 0 Å². The molecule has 0 aliphatic carbocycles. The third-order valence-corrected chi connectivity index (χ3v) is 7.61. The monoisotopic (exact) mass is 532 g/mol. The summed E-state index contributed by atoms with van der Waals surface area (Å²) in [7, 11) is 0. The van der Waals surface area contributed by atoms with Gasteiger partial charge in [-0.1, -0.05) is 29.5 Å². The highest BCUT2D eigenvalue weighted by Crippen LogP contribution is 2.32. The molecule has 0 amide bonds. The molecule has 5 rings (SSSR count). The van der Waals surface area contributed by atoms with E-state index in [0.717, 1.165) is 12.1 Å². The molecule has 0 saturated heterocycles. The zero-order valence-electron chi connectivity index (χ0n) is 15.1. The van der Waals surface area contributed by atoms with Gasteiger partial charge >= 0.3 is 0 Å². The van der Waals surface area contributed by atoms with Crippen LogP contribution in [-0.2, 0) is 6.54 Å². The normalized spacial score (nSPS) is 11.5. The molecule has 0 N–H and O–H groups in total. The van der Waals surface area contributed by atoms with Gasteiger partial charge in [0.2, 0.25) is 5.52 Å². The molecule has 3 aromatic heterocycles. The maximum absolute atomic E-state index is 4.37. The highest BCUT2D eigenvalue weighted by atomic mass is 127. The number of hydrogen-bond donors (Lipinski definition) is 0. The topological polar surface area (TPSA) is 16.8 Å². The summed E-state index contributed by atoms with van der Waals surface area (Å²) in [5.41, 5.74) is 5.57. The minimum Gasteiger partial charge on any atom is -1.00 e. The molecule has 6 heteroatoms. The molecular weight excluding hydrogens is 515 g/mol. The van der Waals surface area contributed by atoms with Crippen LogP contribution in [0.1, 0.15) is 16.8 Å². The van der Waals surface area contributed by atoms with Crippen LogP contribution in [0.15, 0.2) is 60.1 Å². The quantitative estimate of drug-likeness (QED) is 0.255. The average molecular weight is 532 g/mol. The summed E-state index contributed by atoms with van der Waals surface area (Å²) in [6, 6.07) is 19.5. The number of benzene rings is 2. The Morgan fingerprint density at radius 1 is 0.964 bits per heavy atom. The zero-order chi connectivity index (χ0) is 18.2. The lowest BCUT2D eigenvalue weighted by Gasteiger charge is -1.96. The third-order valence-electron chi connectivity index (χ3n) is 4.59. The van der Waals surface area contributed by atoms with E-state index < -0.39 is 0 Å². The van der Waals surface area contributed by atoms with Gasteiger partial charge in [0.15, 0.2) is 0 Å². The second-order valence-corrected chi connectivity index (χ2v) is 9.29. The number of aryl methyl sites for hydroxylation is 1. The molecule has 2 aromatic carbocycles. The Labute approximate surface area is 192 Å². The third kappa shape index (κ3) is 3.66. The van der Waals surface area contributed by atoms with Gasteiger partial charge < -0.3 is 24.0 Å². The number of aromatic nitrogens is 2. The van der Waals surface area contributed by atoms with Gasteiger partial charge in [0.1, 0.15) is 11.2 Å². The van der Waals surface area contributed by atoms with E-state index in [-0.39, 0.29) is 24.0 Å². The fourth-order valence-electron chi connectivity index (χ4n) is 3.26. The van der Waals surface area contributed by atoms with Crippen molar-refractivity contribution in [3.63, 3.8) is 0 Å². The molecule has 140 valence electrons. The van der Waals surface area contributed by atoms with Crippen LogP contribution in [-0.4, -0.2) is 4.98 Å². The number of thiazole rings is 2. The van der Waals surface area contributed by atoms with E-state index in [9.17, 15) is 0 Å². The molecule has 0 radical (unpaired) electrons. The zero-order valence-corrected chi connectivity index (χ0v) is 19.7. The Morgan fingerprint density at radius 2 is 1.86 bits per heavy atom. The Hall–Kier alpha value is -1.61. The SMILES string of the molecule is CC[n+]1c(/C=C/c2ccc(-c3ccc4ncsc4c3)s2)sc2ccccc21.[I-]. The van der Waals surface area contributed by atoms with Crippen LogP contribution < -0.4 is 28.5 Å². The van der Waals surface area contributed by atoms with E-state index in [1.165, 1.54) is 35.2 Å². The first-order chi connectivity index (χ1) is 13.3. The molecule has 5 aromatic rings. The average Bonchev–Trinajstić information content (AvgIpc) is 3.42. The molecule has 0 saturated carbocycles. The van der Waals surface area contributed by atoms with Gasteiger partial charge in [-0.05, 0) is 48.9 Å². The van der Waals surface area contributed by atoms with E-state index in [2.05, 4.69) is 83.2 Å². The van der Waals surface area contributed by atoms with Crippen molar-refractivity contribution in [2.75, 3.05) is 0 Å². The minimum atomic E-state index is 0. The fraction of sp³-hybridized carbons (Fsp3) is 0.0909. The number of hydrogen-bond acceptors (Lipinski definition) is 4. The summed E-state index contributed by atoms with van der Waals surface area (Å²) >= 11 is 5.37. The number of para-hydroxylation sites is 1. The first kappa shape index (κ1) is 19.7. The first-order valence-electron chi connectivity index (χ1n) is 8.85. The van der Waals surface area contributed by atoms with Crippen molar-refractivity contribution < 1.29 is 28.5 Å². The van der Waals surface area contributed by atoms with Crippen molar-refractivity contribution in [3.8, 4) is 10.4 Å². The number of nitrogens with zero attached hydrogens (tertiary/aromatic N) is 2. The van der Waals surface area contributed by atoms with Gasteiger partial charge in [-0.3, -0.25) is 0 Å². The summed E-state index contributed by atoms with van der Waals surface area (Å²) in [6.07, 6.45) is 4.48. The van der Waals surface area contributed by atoms with Crippen molar-refractivity contribution in [2.24, 2.45) is 0 Å². The molecule has 0 atom stereocenters. The largest absolute Gasteiger partial charge is 1.00 e. The lowest BCUT2D eigenvalue weighted by Crippen LogP contribution is -3.00. The molecule has 0 spiro atoms. The molecule has 3 heterocycles. The number of halogens is 1. The number of fused-ring (bicyclic) bond motifs is 2. The van der Waals surface area contributed by atoms with E-state index in [4.69, 9.17) is 0 Å². The Kier molecular flexibility index (Phi) is 5.91. The van der Waals surface area contributed by atoms with Crippen LogP contribution >= 0.6 is 34.0 Å². The second-order valence-electron chi connectivity index (χ2n) is 6.22. The van der Waals surface area contributed by atoms with Crippen molar-refractivity contribution in [3.05, 3.63) is 70.0 Å². The fourth-order valence-corrected chi connectivity index (χ4v) is 6.01. The molecule has 2 nitrogen and oxygen atoms in total. The summed E-state index contributed by atoms with van der Waals surface area (Å²) in [4.78, 5) is 6.93. The summed E-state index contributed by atoms with van der Waals surface area (Å²) in [6.45, 7) is 3.18. The van der Waals surface area contributed by atoms with Crippen LogP contribution in [0.25, 0.3) is 43.0 Å². The molecule has 0 aliphatic heterocycles. The Balaban J connectivity index is 0.00000192. The van der Waals surface area contributed by atoms with Gasteiger partial charge in [-0.25, -0.2) is 4.98 Å². The molecule has 28 heavy (non-hydrogen) atoms. The highest BCUT2D eigenvalue weighted by molar-refractivity contribution is 7.19. The Bertz CT molecular complexity index is 1280. The van der Waals surface area contributed by atoms with Gasteiger partial charge in [-0.2, -0.15) is 4.57 Å². The molecular formula is C22H17IN2S3. The van der Waals surface area contributed by atoms with Gasteiger partial charge in [0.05, 0.1) is 15.7 Å². The van der Waals surface area contributed by atoms with Crippen molar-refractivity contribution in [1.29, 1.82) is 0 Å². The predicted octanol–water partition coefficient (Wildman–Crippen LogP) is 3.72. The van der Waals surface area contributed by atoms with E-state index in [0.29, 0.717) is 0 Å². The summed E-state index contributed by atoms with van der Waals surface area (Å²) in [5, 5.41) is 1.29. The van der Waals surface area contributed by atoms with Crippen LogP contribution in [0.5, 0.6) is 0 Å². The predicted molar refractivity (Wildman–Crippen MR) is 120 cm³/mol. The van der Waals surface area contributed by atoms with Gasteiger partial charge in [0, 0.05) is 21.9 Å². The van der Waals surface area contributed by atoms with Crippen LogP contribution in [0.4, 0.5) is 0 Å². The van der Waals surface area contributed by atoms with Crippen molar-refractivity contribution >= 4 is 66.6 Å². The molecule has 0 unspecified atom stereocenters. The maximum atomic E-state index is 4.37. The summed E-state index contributed by atoms with van der Waals surface area (Å²) in [5.74, 6) is 0. The van der Waals surface area contributed by atoms with Crippen molar-refractivity contribution in [2.45, 2.75) is 13.5 Å². The number of thiophene rings is 1. The summed E-state index contributed by atoms with van der Waals surface area (Å²) < 4.78 is 4.96. The van der Waals surface area contributed by atoms with Gasteiger partial charge in [0.25, 0.3) is 5.01 Å². The highest BCUT2D eigenvalue weighted by Gasteiger charge is 2.16. The molecule has 0 bridgehead atoms. The maximum Gasteiger partial charge on any atom is 0.262 e. The van der Waals surface area contributed by atoms with E-state index >= 15 is 0 Å². The number of rotatable bonds is 4. The van der Waals surface area contributed by atoms with E-state index in [1.54, 1.807) is 11.3 Å². The Morgan fingerprint density at radius 3 is 2.75 bits per heavy atom. The van der Waals surface area contributed by atoms with E-state index in [1.807, 2.05) is 28.2 Å². The lowest BCUT2D eigenvalue weighted by molar-refractivity contribution is -0.665. The second kappa shape index (κ2) is 8.41. The standard InChI is InChI=1S/C22H17N2S3.HI/c1-2-24-18-5-3-4-6-20(18)27-22(24)12-9-16-8-11-19(26-16)15-7-10-17-21(13-15)25-14-23-17;/h3-14H,2H2,1H3;1H/q+1;/p-1.